The molecule has 1 aliphatic rings. The Morgan fingerprint density at radius 2 is 1.70 bits per heavy atom. The van der Waals surface area contributed by atoms with Crippen LogP contribution in [0.15, 0.2) is 79.0 Å². The van der Waals surface area contributed by atoms with Crippen LogP contribution in [-0.2, 0) is 9.59 Å². The molecule has 166 valence electrons. The molecule has 1 saturated heterocycles. The van der Waals surface area contributed by atoms with Crippen LogP contribution in [0.3, 0.4) is 0 Å². The molecule has 1 atom stereocenters. The molecule has 0 spiro atoms. The van der Waals surface area contributed by atoms with Gasteiger partial charge >= 0.3 is 0 Å². The molecule has 10 heteroatoms. The molecule has 1 aromatic heterocycles. The van der Waals surface area contributed by atoms with Crippen LogP contribution in [-0.4, -0.2) is 38.9 Å². The number of hydrogen-bond donors (Lipinski definition) is 2. The molecular weight excluding hydrogens is 462 g/mol. The summed E-state index contributed by atoms with van der Waals surface area (Å²) in [5.74, 6) is -1.41. The van der Waals surface area contributed by atoms with Gasteiger partial charge in [-0.05, 0) is 60.7 Å². The minimum Gasteiger partial charge on any atom is -0.326 e. The first-order chi connectivity index (χ1) is 15.9. The number of pyridine rings is 1. The maximum absolute atomic E-state index is 13.3. The maximum Gasteiger partial charge on any atom is 0.288 e. The van der Waals surface area contributed by atoms with E-state index in [1.807, 2.05) is 6.07 Å². The van der Waals surface area contributed by atoms with E-state index in [1.54, 1.807) is 60.7 Å². The van der Waals surface area contributed by atoms with Crippen LogP contribution >= 0.6 is 23.8 Å². The Balaban J connectivity index is 1.58. The van der Waals surface area contributed by atoms with Crippen LogP contribution in [0.2, 0.25) is 5.02 Å². The summed E-state index contributed by atoms with van der Waals surface area (Å²) in [6.07, 6.45) is 1.24. The number of amides is 3. The predicted molar refractivity (Wildman–Crippen MR) is 129 cm³/mol. The molecule has 3 amide bonds. The minimum absolute atomic E-state index is 0.0553. The Labute approximate surface area is 200 Å². The normalized spacial score (nSPS) is 15.5. The average Bonchev–Trinajstić information content (AvgIpc) is 3.05. The van der Waals surface area contributed by atoms with Gasteiger partial charge in [0.2, 0.25) is 11.0 Å². The number of carbonyl (C=O) groups excluding carboxylic acids is 3. The van der Waals surface area contributed by atoms with Crippen molar-refractivity contribution in [2.75, 3.05) is 10.2 Å². The standard InChI is InChI=1S/C23H18ClN5O3S/c24-15-9-11-16(12-10-15)26-20(30)14-19-22(32)28(17-6-2-1-3-7-17)23(33)29(19)27-21(31)18-8-4-5-13-25-18/h1-13,19H,14H2,(H,26,30)(H,27,31)/t19-/m0/s1. The summed E-state index contributed by atoms with van der Waals surface area (Å²) in [6, 6.07) is 19.2. The van der Waals surface area contributed by atoms with Crippen molar-refractivity contribution in [2.45, 2.75) is 12.5 Å². The lowest BCUT2D eigenvalue weighted by atomic mass is 10.1. The Kier molecular flexibility index (Phi) is 6.62. The van der Waals surface area contributed by atoms with Crippen LogP contribution in [0.5, 0.6) is 0 Å². The molecular formula is C23H18ClN5O3S. The van der Waals surface area contributed by atoms with Gasteiger partial charge in [-0.15, -0.1) is 0 Å². The van der Waals surface area contributed by atoms with E-state index in [0.29, 0.717) is 16.4 Å². The zero-order valence-electron chi connectivity index (χ0n) is 17.1. The lowest BCUT2D eigenvalue weighted by molar-refractivity contribution is -0.124. The van der Waals surface area contributed by atoms with Crippen molar-refractivity contribution in [1.82, 2.24) is 15.4 Å². The lowest BCUT2D eigenvalue weighted by Crippen LogP contribution is -2.50. The second kappa shape index (κ2) is 9.76. The van der Waals surface area contributed by atoms with Crippen LogP contribution in [0.4, 0.5) is 11.4 Å². The second-order valence-corrected chi connectivity index (χ2v) is 7.89. The molecule has 1 aliphatic heterocycles. The molecule has 1 fully saturated rings. The first kappa shape index (κ1) is 22.4. The van der Waals surface area contributed by atoms with Gasteiger partial charge in [0.1, 0.15) is 11.7 Å². The first-order valence-electron chi connectivity index (χ1n) is 9.93. The zero-order valence-corrected chi connectivity index (χ0v) is 18.7. The maximum atomic E-state index is 13.3. The van der Waals surface area contributed by atoms with E-state index < -0.39 is 23.8 Å². The van der Waals surface area contributed by atoms with Crippen LogP contribution in [0.1, 0.15) is 16.9 Å². The Hall–Kier alpha value is -3.82. The van der Waals surface area contributed by atoms with Gasteiger partial charge in [0.05, 0.1) is 12.1 Å². The topological polar surface area (TPSA) is 94.6 Å². The van der Waals surface area contributed by atoms with Gasteiger partial charge in [0.15, 0.2) is 0 Å². The molecule has 2 heterocycles. The molecule has 0 radical (unpaired) electrons. The number of halogens is 1. The molecule has 0 unspecified atom stereocenters. The van der Waals surface area contributed by atoms with Gasteiger partial charge in [-0.2, -0.15) is 0 Å². The number of nitrogens with one attached hydrogen (secondary N) is 2. The van der Waals surface area contributed by atoms with Crippen molar-refractivity contribution in [1.29, 1.82) is 0 Å². The number of rotatable bonds is 6. The summed E-state index contributed by atoms with van der Waals surface area (Å²) < 4.78 is 0. The van der Waals surface area contributed by atoms with E-state index in [4.69, 9.17) is 23.8 Å². The van der Waals surface area contributed by atoms with Crippen LogP contribution < -0.4 is 15.6 Å². The Bertz CT molecular complexity index is 1190. The fraction of sp³-hybridized carbons (Fsp3) is 0.0870. The van der Waals surface area contributed by atoms with Crippen molar-refractivity contribution in [3.05, 3.63) is 89.7 Å². The molecule has 33 heavy (non-hydrogen) atoms. The van der Waals surface area contributed by atoms with Gasteiger partial charge in [0, 0.05) is 16.9 Å². The fourth-order valence-electron chi connectivity index (χ4n) is 3.30. The van der Waals surface area contributed by atoms with Gasteiger partial charge in [0.25, 0.3) is 11.8 Å². The molecule has 0 saturated carbocycles. The number of benzene rings is 2. The molecule has 4 rings (SSSR count). The van der Waals surface area contributed by atoms with E-state index in [0.717, 1.165) is 0 Å². The number of anilines is 2. The molecule has 2 N–H and O–H groups in total. The number of para-hydroxylation sites is 1. The molecule has 8 nitrogen and oxygen atoms in total. The van der Waals surface area contributed by atoms with E-state index in [-0.39, 0.29) is 17.2 Å². The van der Waals surface area contributed by atoms with Crippen molar-refractivity contribution in [3.8, 4) is 0 Å². The van der Waals surface area contributed by atoms with E-state index in [1.165, 1.54) is 22.2 Å². The Morgan fingerprint density at radius 1 is 1.00 bits per heavy atom. The monoisotopic (exact) mass is 479 g/mol. The van der Waals surface area contributed by atoms with Crippen molar-refractivity contribution in [2.24, 2.45) is 0 Å². The third-order valence-electron chi connectivity index (χ3n) is 4.86. The summed E-state index contributed by atoms with van der Waals surface area (Å²) >= 11 is 11.4. The highest BCUT2D eigenvalue weighted by Crippen LogP contribution is 2.26. The van der Waals surface area contributed by atoms with Gasteiger partial charge < -0.3 is 5.32 Å². The summed E-state index contributed by atoms with van der Waals surface area (Å²) in [6.45, 7) is 0. The van der Waals surface area contributed by atoms with Crippen LogP contribution in [0, 0.1) is 0 Å². The fourth-order valence-corrected chi connectivity index (χ4v) is 3.79. The quantitative estimate of drug-likeness (QED) is 0.526. The highest BCUT2D eigenvalue weighted by Gasteiger charge is 2.45. The SMILES string of the molecule is O=C(C[C@H]1C(=O)N(c2ccccc2)C(=S)N1NC(=O)c1ccccn1)Nc1ccc(Cl)cc1. The number of carbonyl (C=O) groups is 3. The van der Waals surface area contributed by atoms with Gasteiger partial charge in [-0.1, -0.05) is 35.9 Å². The van der Waals surface area contributed by atoms with Gasteiger partial charge in [-0.25, -0.2) is 5.01 Å². The van der Waals surface area contributed by atoms with Crippen molar-refractivity contribution in [3.63, 3.8) is 0 Å². The highest BCUT2D eigenvalue weighted by atomic mass is 35.5. The molecule has 0 aliphatic carbocycles. The minimum atomic E-state index is -1.04. The zero-order chi connectivity index (χ0) is 23.4. The third-order valence-corrected chi connectivity index (χ3v) is 5.49. The lowest BCUT2D eigenvalue weighted by Gasteiger charge is -2.24. The third kappa shape index (κ3) is 5.00. The first-order valence-corrected chi connectivity index (χ1v) is 10.7. The number of hydrogen-bond acceptors (Lipinski definition) is 5. The largest absolute Gasteiger partial charge is 0.326 e. The molecule has 0 bridgehead atoms. The predicted octanol–water partition coefficient (Wildman–Crippen LogP) is 3.41. The average molecular weight is 480 g/mol. The van der Waals surface area contributed by atoms with Gasteiger partial charge in [-0.3, -0.25) is 29.7 Å². The molecule has 2 aromatic carbocycles. The Morgan fingerprint density at radius 3 is 2.36 bits per heavy atom. The number of hydrazine groups is 1. The summed E-state index contributed by atoms with van der Waals surface area (Å²) in [7, 11) is 0. The number of thiocarbonyl (C=S) groups is 1. The van der Waals surface area contributed by atoms with Crippen molar-refractivity contribution < 1.29 is 14.4 Å². The summed E-state index contributed by atoms with van der Waals surface area (Å²) in [5, 5.41) is 4.56. The van der Waals surface area contributed by atoms with Crippen molar-refractivity contribution >= 4 is 58.0 Å². The van der Waals surface area contributed by atoms with E-state index >= 15 is 0 Å². The summed E-state index contributed by atoms with van der Waals surface area (Å²) in [5.41, 5.74) is 3.84. The van der Waals surface area contributed by atoms with Crippen LogP contribution in [0.25, 0.3) is 0 Å². The number of nitrogens with zero attached hydrogens (tertiary/aromatic N) is 3. The van der Waals surface area contributed by atoms with E-state index in [2.05, 4.69) is 15.7 Å². The smallest absolute Gasteiger partial charge is 0.288 e. The number of aromatic nitrogens is 1. The molecule has 3 aromatic rings. The van der Waals surface area contributed by atoms with E-state index in [9.17, 15) is 14.4 Å². The summed E-state index contributed by atoms with van der Waals surface area (Å²) in [4.78, 5) is 44.1. The second-order valence-electron chi connectivity index (χ2n) is 7.09. The highest BCUT2D eigenvalue weighted by molar-refractivity contribution is 7.80.